The Hall–Kier alpha value is -2.59. The molecule has 0 fully saturated rings. The van der Waals surface area contributed by atoms with Crippen molar-refractivity contribution in [3.05, 3.63) is 41.5 Å². The van der Waals surface area contributed by atoms with E-state index in [1.807, 2.05) is 0 Å². The largest absolute Gasteiger partial charge is 0.488 e. The zero-order chi connectivity index (χ0) is 21.6. The zero-order valence-corrected chi connectivity index (χ0v) is 18.2. The average molecular weight is 457 g/mol. The lowest BCUT2D eigenvalue weighted by Crippen LogP contribution is -2.51. The van der Waals surface area contributed by atoms with Crippen molar-refractivity contribution in [2.24, 2.45) is 7.05 Å². The van der Waals surface area contributed by atoms with Gasteiger partial charge in [-0.15, -0.1) is 0 Å². The molecule has 1 aliphatic heterocycles. The van der Waals surface area contributed by atoms with Crippen molar-refractivity contribution in [3.63, 3.8) is 0 Å². The van der Waals surface area contributed by atoms with Crippen molar-refractivity contribution in [2.45, 2.75) is 30.4 Å². The summed E-state index contributed by atoms with van der Waals surface area (Å²) in [5.74, 6) is -1.59. The molecular formula is C18H21FN4O5S2. The van der Waals surface area contributed by atoms with Crippen molar-refractivity contribution in [1.82, 2.24) is 9.29 Å². The molecule has 9 nitrogen and oxygen atoms in total. The number of carbonyl (C=O) groups is 1. The van der Waals surface area contributed by atoms with Crippen molar-refractivity contribution < 1.29 is 27.4 Å². The number of hydrogen-bond acceptors (Lipinski definition) is 6. The van der Waals surface area contributed by atoms with E-state index in [4.69, 9.17) is 10.00 Å². The van der Waals surface area contributed by atoms with Gasteiger partial charge >= 0.3 is 0 Å². The summed E-state index contributed by atoms with van der Waals surface area (Å²) in [6.45, 7) is 2.68. The van der Waals surface area contributed by atoms with Crippen LogP contribution in [0.2, 0.25) is 0 Å². The molecule has 1 aliphatic rings. The molecule has 3 N–H and O–H groups in total. The number of benzene rings is 1. The van der Waals surface area contributed by atoms with Crippen molar-refractivity contribution in [2.75, 3.05) is 11.9 Å². The fourth-order valence-electron chi connectivity index (χ4n) is 2.85. The summed E-state index contributed by atoms with van der Waals surface area (Å²) < 4.78 is 48.1. The number of aromatic nitrogens is 1. The average Bonchev–Trinajstić information content (AvgIpc) is 2.89. The number of halogens is 1. The molecule has 2 aromatic rings. The maximum absolute atomic E-state index is 13.5. The number of fused-ring (bicyclic) bond motifs is 1. The van der Waals surface area contributed by atoms with Gasteiger partial charge in [0, 0.05) is 18.9 Å². The van der Waals surface area contributed by atoms with Gasteiger partial charge in [0.05, 0.1) is 17.2 Å². The first kappa shape index (κ1) is 23.7. The summed E-state index contributed by atoms with van der Waals surface area (Å²) in [7, 11) is -2.59. The second kappa shape index (κ2) is 8.27. The molecule has 30 heavy (non-hydrogen) atoms. The van der Waals surface area contributed by atoms with Gasteiger partial charge in [-0.2, -0.15) is 18.8 Å². The van der Waals surface area contributed by atoms with Gasteiger partial charge in [-0.3, -0.25) is 4.79 Å². The summed E-state index contributed by atoms with van der Waals surface area (Å²) in [6.07, 6.45) is 1.23. The molecule has 0 saturated carbocycles. The highest BCUT2D eigenvalue weighted by Crippen LogP contribution is 2.34. The van der Waals surface area contributed by atoms with Gasteiger partial charge < -0.3 is 19.7 Å². The second-order valence-corrected chi connectivity index (χ2v) is 8.86. The Morgan fingerprint density at radius 2 is 2.13 bits per heavy atom. The van der Waals surface area contributed by atoms with Gasteiger partial charge in [-0.05, 0) is 32.0 Å². The number of ether oxygens (including phenoxy) is 1. The number of aryl methyl sites for hydroxylation is 1. The minimum atomic E-state index is -4.06. The number of anilines is 1. The number of nitrogens with zero attached hydrogens (tertiary/aromatic N) is 2. The molecule has 3 rings (SSSR count). The number of hydrogen-bond donors (Lipinski definition) is 3. The van der Waals surface area contributed by atoms with Gasteiger partial charge in [0.15, 0.2) is 11.4 Å². The number of nitrogens with one attached hydrogen (secondary N) is 2. The van der Waals surface area contributed by atoms with Crippen LogP contribution in [-0.4, -0.2) is 42.2 Å². The number of aliphatic hydroxyl groups is 1. The van der Waals surface area contributed by atoms with Crippen LogP contribution >= 0.6 is 13.5 Å². The highest BCUT2D eigenvalue weighted by atomic mass is 32.2. The van der Waals surface area contributed by atoms with E-state index in [-0.39, 0.29) is 47.7 Å². The fraction of sp³-hybridized carbons (Fsp3) is 0.333. The van der Waals surface area contributed by atoms with Crippen LogP contribution in [0.1, 0.15) is 29.9 Å². The molecule has 0 saturated heterocycles. The number of nitriles is 1. The molecule has 1 amide bonds. The third-order valence-electron chi connectivity index (χ3n) is 4.50. The number of carbonyl (C=O) groups excluding carboxylic acids is 1. The van der Waals surface area contributed by atoms with Crippen molar-refractivity contribution in [3.8, 4) is 11.8 Å². The smallest absolute Gasteiger partial charge is 0.276 e. The van der Waals surface area contributed by atoms with Gasteiger partial charge in [0.1, 0.15) is 23.4 Å². The van der Waals surface area contributed by atoms with Crippen LogP contribution in [0.3, 0.4) is 0 Å². The van der Waals surface area contributed by atoms with Crippen LogP contribution in [0, 0.1) is 17.1 Å². The highest BCUT2D eigenvalue weighted by Gasteiger charge is 2.39. The van der Waals surface area contributed by atoms with Gasteiger partial charge in [0.2, 0.25) is 10.0 Å². The molecular weight excluding hydrogens is 435 g/mol. The second-order valence-electron chi connectivity index (χ2n) is 7.18. The summed E-state index contributed by atoms with van der Waals surface area (Å²) in [4.78, 5) is 12.6. The Balaban J connectivity index is 0.00000320. The van der Waals surface area contributed by atoms with Crippen LogP contribution in [0.15, 0.2) is 29.3 Å². The van der Waals surface area contributed by atoms with E-state index in [1.165, 1.54) is 37.7 Å². The fourth-order valence-corrected chi connectivity index (χ4v) is 4.40. The van der Waals surface area contributed by atoms with E-state index in [9.17, 15) is 22.7 Å². The third kappa shape index (κ3) is 4.44. The standard InChI is InChI=1S/C18H19FN4O5S.H2S/c1-18(2,25)14-9-28-16-13(29(26,27)22-14)8-23(3)15(16)17(24)21-11-4-5-12(19)10(6-11)7-20;/h4-6,8,14,22,25H,9H2,1-3H3,(H,21,24);1H2/t14-;/m0./s1. The molecule has 162 valence electrons. The summed E-state index contributed by atoms with van der Waals surface area (Å²) in [6, 6.07) is 4.22. The van der Waals surface area contributed by atoms with Gasteiger partial charge in [-0.1, -0.05) is 0 Å². The number of amides is 1. The normalized spacial score (nSPS) is 17.5. The third-order valence-corrected chi connectivity index (χ3v) is 5.96. The molecule has 0 spiro atoms. The van der Waals surface area contributed by atoms with E-state index in [2.05, 4.69) is 10.0 Å². The van der Waals surface area contributed by atoms with Gasteiger partial charge in [-0.25, -0.2) is 17.5 Å². The predicted octanol–water partition coefficient (Wildman–Crippen LogP) is 1.21. The molecule has 1 atom stereocenters. The quantitative estimate of drug-likeness (QED) is 0.636. The Kier molecular flexibility index (Phi) is 6.53. The van der Waals surface area contributed by atoms with E-state index in [0.29, 0.717) is 0 Å². The van der Waals surface area contributed by atoms with Crippen LogP contribution < -0.4 is 14.8 Å². The topological polar surface area (TPSA) is 133 Å². The van der Waals surface area contributed by atoms with Crippen LogP contribution in [-0.2, 0) is 17.1 Å². The maximum atomic E-state index is 13.5. The van der Waals surface area contributed by atoms with Crippen LogP contribution in [0.5, 0.6) is 5.75 Å². The molecule has 0 bridgehead atoms. The number of rotatable bonds is 3. The minimum absolute atomic E-state index is 0. The highest BCUT2D eigenvalue weighted by molar-refractivity contribution is 7.89. The monoisotopic (exact) mass is 456 g/mol. The lowest BCUT2D eigenvalue weighted by atomic mass is 10.0. The van der Waals surface area contributed by atoms with Crippen molar-refractivity contribution in [1.29, 1.82) is 5.26 Å². The Bertz CT molecular complexity index is 1130. The summed E-state index contributed by atoms with van der Waals surface area (Å²) in [5.41, 5.74) is -1.57. The van der Waals surface area contributed by atoms with E-state index >= 15 is 0 Å². The summed E-state index contributed by atoms with van der Waals surface area (Å²) >= 11 is 0. The lowest BCUT2D eigenvalue weighted by molar-refractivity contribution is 0.0288. The van der Waals surface area contributed by atoms with Crippen LogP contribution in [0.4, 0.5) is 10.1 Å². The lowest BCUT2D eigenvalue weighted by Gasteiger charge is -2.27. The van der Waals surface area contributed by atoms with Gasteiger partial charge in [0.25, 0.3) is 5.91 Å². The molecule has 0 aliphatic carbocycles. The molecule has 0 unspecified atom stereocenters. The summed E-state index contributed by atoms with van der Waals surface area (Å²) in [5, 5.41) is 21.6. The maximum Gasteiger partial charge on any atom is 0.276 e. The number of sulfonamides is 1. The predicted molar refractivity (Wildman–Crippen MR) is 111 cm³/mol. The molecule has 1 aromatic heterocycles. The SMILES string of the molecule is Cn1cc2c(c1C(=O)Nc1ccc(F)c(C#N)c1)OC[C@@H](C(C)(C)O)NS2(=O)=O.S. The van der Waals surface area contributed by atoms with E-state index < -0.39 is 33.4 Å². The zero-order valence-electron chi connectivity index (χ0n) is 16.4. The first-order valence-corrected chi connectivity index (χ1v) is 10.00. The van der Waals surface area contributed by atoms with E-state index in [1.54, 1.807) is 6.07 Å². The van der Waals surface area contributed by atoms with Crippen LogP contribution in [0.25, 0.3) is 0 Å². The first-order chi connectivity index (χ1) is 13.4. The molecule has 0 radical (unpaired) electrons. The Morgan fingerprint density at radius 3 is 2.73 bits per heavy atom. The first-order valence-electron chi connectivity index (χ1n) is 8.52. The van der Waals surface area contributed by atoms with E-state index in [0.717, 1.165) is 12.1 Å². The minimum Gasteiger partial charge on any atom is -0.488 e. The van der Waals surface area contributed by atoms with Crippen molar-refractivity contribution >= 4 is 35.1 Å². The Morgan fingerprint density at radius 1 is 1.47 bits per heavy atom. The molecule has 1 aromatic carbocycles. The molecule has 12 heteroatoms. The molecule has 2 heterocycles. The Labute approximate surface area is 180 Å².